The second-order valence-corrected chi connectivity index (χ2v) is 4.85. The molecule has 19 heavy (non-hydrogen) atoms. The van der Waals surface area contributed by atoms with Crippen LogP contribution in [-0.4, -0.2) is 36.5 Å². The topological polar surface area (TPSA) is 72.6 Å². The summed E-state index contributed by atoms with van der Waals surface area (Å²) in [5.41, 5.74) is 6.47. The summed E-state index contributed by atoms with van der Waals surface area (Å²) < 4.78 is 4.71. The second kappa shape index (κ2) is 5.48. The summed E-state index contributed by atoms with van der Waals surface area (Å²) in [6.45, 7) is 0.528. The van der Waals surface area contributed by atoms with E-state index in [1.807, 2.05) is 0 Å². The zero-order valence-corrected chi connectivity index (χ0v) is 11.3. The van der Waals surface area contributed by atoms with Crippen molar-refractivity contribution < 1.29 is 14.3 Å². The fourth-order valence-corrected chi connectivity index (χ4v) is 2.45. The van der Waals surface area contributed by atoms with Gasteiger partial charge in [-0.3, -0.25) is 4.79 Å². The molecule has 1 aliphatic heterocycles. The molecule has 1 saturated heterocycles. The van der Waals surface area contributed by atoms with Crippen LogP contribution in [0.15, 0.2) is 18.2 Å². The van der Waals surface area contributed by atoms with Crippen LogP contribution < -0.4 is 5.73 Å². The van der Waals surface area contributed by atoms with Crippen LogP contribution in [0.25, 0.3) is 0 Å². The van der Waals surface area contributed by atoms with Crippen LogP contribution in [0.2, 0.25) is 5.02 Å². The van der Waals surface area contributed by atoms with Crippen molar-refractivity contribution in [2.75, 3.05) is 19.4 Å². The number of methoxy groups -OCH3 is 1. The van der Waals surface area contributed by atoms with Gasteiger partial charge in [0.05, 0.1) is 12.7 Å². The van der Waals surface area contributed by atoms with E-state index >= 15 is 0 Å². The van der Waals surface area contributed by atoms with Gasteiger partial charge in [-0.2, -0.15) is 0 Å². The van der Waals surface area contributed by atoms with Crippen LogP contribution in [0, 0.1) is 0 Å². The van der Waals surface area contributed by atoms with Gasteiger partial charge in [0.2, 0.25) is 0 Å². The molecule has 2 N–H and O–H groups in total. The average Bonchev–Trinajstić information content (AvgIpc) is 2.86. The van der Waals surface area contributed by atoms with Crippen molar-refractivity contribution >= 4 is 29.2 Å². The normalized spacial score (nSPS) is 18.4. The number of likely N-dealkylation sites (tertiary alicyclic amines) is 1. The Bertz CT molecular complexity index is 519. The van der Waals surface area contributed by atoms with Crippen molar-refractivity contribution in [2.45, 2.75) is 18.9 Å². The lowest BCUT2D eigenvalue weighted by molar-refractivity contribution is -0.145. The minimum Gasteiger partial charge on any atom is -0.467 e. The molecule has 6 heteroatoms. The largest absolute Gasteiger partial charge is 0.467 e. The number of nitrogens with two attached hydrogens (primary N) is 1. The zero-order valence-electron chi connectivity index (χ0n) is 10.6. The predicted octanol–water partition coefficient (Wildman–Crippen LogP) is 1.70. The molecular weight excluding hydrogens is 268 g/mol. The summed E-state index contributed by atoms with van der Waals surface area (Å²) >= 11 is 5.80. The molecule has 1 fully saturated rings. The van der Waals surface area contributed by atoms with Crippen LogP contribution in [0.4, 0.5) is 5.69 Å². The number of ether oxygens (including phenoxy) is 1. The molecule has 0 spiro atoms. The summed E-state index contributed by atoms with van der Waals surface area (Å²) in [6, 6.07) is 4.19. The molecule has 1 unspecified atom stereocenters. The van der Waals surface area contributed by atoms with Gasteiger partial charge in [0.25, 0.3) is 5.91 Å². The van der Waals surface area contributed by atoms with E-state index in [1.165, 1.54) is 18.1 Å². The SMILES string of the molecule is COC(=O)C1CCCN1C(=O)c1ccc(Cl)cc1N. The third kappa shape index (κ3) is 2.66. The van der Waals surface area contributed by atoms with Gasteiger partial charge < -0.3 is 15.4 Å². The van der Waals surface area contributed by atoms with Gasteiger partial charge in [0.15, 0.2) is 0 Å². The van der Waals surface area contributed by atoms with E-state index in [1.54, 1.807) is 12.1 Å². The number of rotatable bonds is 2. The predicted molar refractivity (Wildman–Crippen MR) is 71.9 cm³/mol. The highest BCUT2D eigenvalue weighted by atomic mass is 35.5. The fraction of sp³-hybridized carbons (Fsp3) is 0.385. The Balaban J connectivity index is 2.25. The minimum atomic E-state index is -0.521. The van der Waals surface area contributed by atoms with Crippen molar-refractivity contribution in [1.82, 2.24) is 4.90 Å². The van der Waals surface area contributed by atoms with Crippen LogP contribution >= 0.6 is 11.6 Å². The number of benzene rings is 1. The Morgan fingerprint density at radius 3 is 2.84 bits per heavy atom. The molecule has 0 saturated carbocycles. The number of hydrogen-bond donors (Lipinski definition) is 1. The molecule has 1 amide bonds. The molecule has 1 atom stereocenters. The number of amides is 1. The first-order valence-electron chi connectivity index (χ1n) is 5.98. The van der Waals surface area contributed by atoms with E-state index < -0.39 is 12.0 Å². The van der Waals surface area contributed by atoms with Crippen molar-refractivity contribution in [3.05, 3.63) is 28.8 Å². The third-order valence-electron chi connectivity index (χ3n) is 3.23. The van der Waals surface area contributed by atoms with Crippen molar-refractivity contribution in [3.63, 3.8) is 0 Å². The number of carbonyl (C=O) groups excluding carboxylic acids is 2. The molecule has 0 aliphatic carbocycles. The molecule has 102 valence electrons. The maximum absolute atomic E-state index is 12.4. The standard InChI is InChI=1S/C13H15ClN2O3/c1-19-13(18)11-3-2-6-16(11)12(17)9-5-4-8(14)7-10(9)15/h4-5,7,11H,2-3,6,15H2,1H3. The number of esters is 1. The molecule has 1 heterocycles. The van der Waals surface area contributed by atoms with Crippen LogP contribution in [0.1, 0.15) is 23.2 Å². The highest BCUT2D eigenvalue weighted by molar-refractivity contribution is 6.31. The highest BCUT2D eigenvalue weighted by Gasteiger charge is 2.35. The molecule has 1 aromatic carbocycles. The lowest BCUT2D eigenvalue weighted by atomic mass is 10.1. The molecule has 2 rings (SSSR count). The number of nitrogens with zero attached hydrogens (tertiary/aromatic N) is 1. The van der Waals surface area contributed by atoms with Crippen LogP contribution in [0.3, 0.4) is 0 Å². The second-order valence-electron chi connectivity index (χ2n) is 4.41. The summed E-state index contributed by atoms with van der Waals surface area (Å²) in [4.78, 5) is 25.5. The van der Waals surface area contributed by atoms with E-state index in [0.717, 1.165) is 6.42 Å². The maximum Gasteiger partial charge on any atom is 0.328 e. The van der Waals surface area contributed by atoms with Crippen molar-refractivity contribution in [2.24, 2.45) is 0 Å². The smallest absolute Gasteiger partial charge is 0.328 e. The lowest BCUT2D eigenvalue weighted by Gasteiger charge is -2.23. The Kier molecular flexibility index (Phi) is 3.95. The highest BCUT2D eigenvalue weighted by Crippen LogP contribution is 2.25. The van der Waals surface area contributed by atoms with Gasteiger partial charge in [-0.25, -0.2) is 4.79 Å². The number of anilines is 1. The number of nitrogen functional groups attached to an aromatic ring is 1. The van der Waals surface area contributed by atoms with E-state index in [9.17, 15) is 9.59 Å². The molecule has 5 nitrogen and oxygen atoms in total. The maximum atomic E-state index is 12.4. The number of halogens is 1. The van der Waals surface area contributed by atoms with Gasteiger partial charge >= 0.3 is 5.97 Å². The number of hydrogen-bond acceptors (Lipinski definition) is 4. The molecule has 1 aromatic rings. The summed E-state index contributed by atoms with van der Waals surface area (Å²) in [5.74, 6) is -0.652. The fourth-order valence-electron chi connectivity index (χ4n) is 2.27. The monoisotopic (exact) mass is 282 g/mol. The van der Waals surface area contributed by atoms with E-state index in [0.29, 0.717) is 29.2 Å². The Labute approximate surface area is 116 Å². The zero-order chi connectivity index (χ0) is 14.0. The summed E-state index contributed by atoms with van der Waals surface area (Å²) in [6.07, 6.45) is 1.39. The quantitative estimate of drug-likeness (QED) is 0.662. The first kappa shape index (κ1) is 13.7. The van der Waals surface area contributed by atoms with E-state index in [2.05, 4.69) is 0 Å². The molecule has 0 bridgehead atoms. The van der Waals surface area contributed by atoms with Gasteiger partial charge in [0.1, 0.15) is 6.04 Å². The Morgan fingerprint density at radius 2 is 2.21 bits per heavy atom. The van der Waals surface area contributed by atoms with Crippen LogP contribution in [0.5, 0.6) is 0 Å². The minimum absolute atomic E-state index is 0.262. The molecule has 0 radical (unpaired) electrons. The van der Waals surface area contributed by atoms with E-state index in [-0.39, 0.29) is 5.91 Å². The van der Waals surface area contributed by atoms with Gasteiger partial charge in [-0.1, -0.05) is 11.6 Å². The molecule has 1 aliphatic rings. The third-order valence-corrected chi connectivity index (χ3v) is 3.47. The van der Waals surface area contributed by atoms with Crippen LogP contribution in [-0.2, 0) is 9.53 Å². The Morgan fingerprint density at radius 1 is 1.47 bits per heavy atom. The summed E-state index contributed by atoms with van der Waals surface area (Å²) in [7, 11) is 1.32. The molecular formula is C13H15ClN2O3. The first-order valence-corrected chi connectivity index (χ1v) is 6.36. The van der Waals surface area contributed by atoms with Gasteiger partial charge in [0, 0.05) is 17.3 Å². The number of carbonyl (C=O) groups is 2. The average molecular weight is 283 g/mol. The summed E-state index contributed by atoms with van der Waals surface area (Å²) in [5, 5.41) is 0.472. The Hall–Kier alpha value is -1.75. The van der Waals surface area contributed by atoms with E-state index in [4.69, 9.17) is 22.1 Å². The molecule has 0 aromatic heterocycles. The van der Waals surface area contributed by atoms with Crippen molar-refractivity contribution in [3.8, 4) is 0 Å². The lowest BCUT2D eigenvalue weighted by Crippen LogP contribution is -2.41. The van der Waals surface area contributed by atoms with Gasteiger partial charge in [-0.15, -0.1) is 0 Å². The van der Waals surface area contributed by atoms with Gasteiger partial charge in [-0.05, 0) is 31.0 Å². The first-order chi connectivity index (χ1) is 9.04. The van der Waals surface area contributed by atoms with Crippen molar-refractivity contribution in [1.29, 1.82) is 0 Å².